The predicted molar refractivity (Wildman–Crippen MR) is 242 cm³/mol. The maximum atomic E-state index is 6.53. The quantitative estimate of drug-likeness (QED) is 0.164. The Morgan fingerprint density at radius 2 is 0.931 bits per heavy atom. The molecule has 12 aromatic rings. The number of aromatic nitrogens is 3. The first kappa shape index (κ1) is 32.7. The SMILES string of the molecule is c1ccc(-c2nc(-c3cccc(-c4cccc5oc6ccc(-c7cc8ccccc8c8ccccc78)cc6c45)c3)nc(-c3ccc4sc5ccccc5c4c3)n2)cc1. The number of thiophene rings is 1. The summed E-state index contributed by atoms with van der Waals surface area (Å²) >= 11 is 1.81. The third kappa shape index (κ3) is 5.32. The van der Waals surface area contributed by atoms with E-state index in [1.807, 2.05) is 29.5 Å². The van der Waals surface area contributed by atoms with Gasteiger partial charge in [0.15, 0.2) is 17.5 Å². The monoisotopic (exact) mass is 757 g/mol. The van der Waals surface area contributed by atoms with Crippen LogP contribution in [-0.4, -0.2) is 15.0 Å². The Balaban J connectivity index is 1.01. The van der Waals surface area contributed by atoms with Crippen LogP contribution < -0.4 is 0 Å². The van der Waals surface area contributed by atoms with Crippen molar-refractivity contribution in [2.75, 3.05) is 0 Å². The van der Waals surface area contributed by atoms with Gasteiger partial charge >= 0.3 is 0 Å². The van der Waals surface area contributed by atoms with Crippen molar-refractivity contribution >= 4 is 75.0 Å². The molecule has 0 aliphatic rings. The van der Waals surface area contributed by atoms with Crippen molar-refractivity contribution in [3.63, 3.8) is 0 Å². The van der Waals surface area contributed by atoms with Crippen molar-refractivity contribution in [3.8, 4) is 56.4 Å². The van der Waals surface area contributed by atoms with Gasteiger partial charge in [0.25, 0.3) is 0 Å². The fourth-order valence-electron chi connectivity index (χ4n) is 8.57. The van der Waals surface area contributed by atoms with Crippen LogP contribution in [0.2, 0.25) is 0 Å². The Morgan fingerprint density at radius 1 is 0.328 bits per heavy atom. The topological polar surface area (TPSA) is 51.8 Å². The van der Waals surface area contributed by atoms with E-state index in [4.69, 9.17) is 19.4 Å². The molecule has 0 atom stereocenters. The summed E-state index contributed by atoms with van der Waals surface area (Å²) in [6.45, 7) is 0. The van der Waals surface area contributed by atoms with E-state index in [0.717, 1.165) is 55.3 Å². The first-order chi connectivity index (χ1) is 28.7. The number of rotatable bonds is 5. The average Bonchev–Trinajstić information content (AvgIpc) is 3.87. The lowest BCUT2D eigenvalue weighted by Gasteiger charge is -2.11. The Morgan fingerprint density at radius 3 is 1.79 bits per heavy atom. The van der Waals surface area contributed by atoms with E-state index in [0.29, 0.717) is 17.5 Å². The molecule has 0 aliphatic carbocycles. The minimum atomic E-state index is 0.621. The summed E-state index contributed by atoms with van der Waals surface area (Å²) in [6.07, 6.45) is 0. The van der Waals surface area contributed by atoms with Crippen LogP contribution in [0.4, 0.5) is 0 Å². The van der Waals surface area contributed by atoms with Crippen LogP contribution >= 0.6 is 11.3 Å². The fraction of sp³-hybridized carbons (Fsp3) is 0. The van der Waals surface area contributed by atoms with Gasteiger partial charge in [-0.15, -0.1) is 11.3 Å². The van der Waals surface area contributed by atoms with Gasteiger partial charge in [0, 0.05) is 47.6 Å². The van der Waals surface area contributed by atoms with Gasteiger partial charge in [-0.3, -0.25) is 0 Å². The van der Waals surface area contributed by atoms with Gasteiger partial charge in [-0.05, 0) is 98.4 Å². The Hall–Kier alpha value is -7.47. The highest BCUT2D eigenvalue weighted by Crippen LogP contribution is 2.42. The number of hydrogen-bond donors (Lipinski definition) is 0. The molecule has 4 nitrogen and oxygen atoms in total. The summed E-state index contributed by atoms with van der Waals surface area (Å²) in [6, 6.07) is 66.3. The number of fused-ring (bicyclic) bond motifs is 9. The second-order valence-corrected chi connectivity index (χ2v) is 15.8. The first-order valence-electron chi connectivity index (χ1n) is 19.4. The van der Waals surface area contributed by atoms with Crippen molar-refractivity contribution in [3.05, 3.63) is 188 Å². The lowest BCUT2D eigenvalue weighted by Crippen LogP contribution is -2.00. The minimum Gasteiger partial charge on any atom is -0.456 e. The Kier molecular flexibility index (Phi) is 7.37. The molecule has 0 spiro atoms. The zero-order valence-electron chi connectivity index (χ0n) is 31.1. The molecule has 5 heteroatoms. The Labute approximate surface area is 337 Å². The van der Waals surface area contributed by atoms with Crippen molar-refractivity contribution in [1.82, 2.24) is 15.0 Å². The van der Waals surface area contributed by atoms with E-state index in [1.54, 1.807) is 0 Å². The van der Waals surface area contributed by atoms with Gasteiger partial charge in [0.2, 0.25) is 0 Å². The molecule has 0 saturated carbocycles. The number of benzene rings is 9. The highest BCUT2D eigenvalue weighted by Gasteiger charge is 2.18. The zero-order valence-corrected chi connectivity index (χ0v) is 31.9. The second-order valence-electron chi connectivity index (χ2n) is 14.7. The summed E-state index contributed by atoms with van der Waals surface area (Å²) in [7, 11) is 0. The molecule has 0 fully saturated rings. The third-order valence-electron chi connectivity index (χ3n) is 11.3. The van der Waals surface area contributed by atoms with E-state index < -0.39 is 0 Å². The summed E-state index contributed by atoms with van der Waals surface area (Å²) in [4.78, 5) is 15.3. The highest BCUT2D eigenvalue weighted by atomic mass is 32.1. The van der Waals surface area contributed by atoms with Crippen molar-refractivity contribution in [1.29, 1.82) is 0 Å². The molecule has 0 unspecified atom stereocenters. The molecular formula is C53H31N3OS. The van der Waals surface area contributed by atoms with Gasteiger partial charge in [-0.2, -0.15) is 0 Å². The molecule has 0 bridgehead atoms. The minimum absolute atomic E-state index is 0.621. The van der Waals surface area contributed by atoms with E-state index in [1.165, 1.54) is 47.3 Å². The van der Waals surface area contributed by atoms with Gasteiger partial charge in [0.05, 0.1) is 0 Å². The van der Waals surface area contributed by atoms with Gasteiger partial charge < -0.3 is 4.42 Å². The third-order valence-corrected chi connectivity index (χ3v) is 12.5. The van der Waals surface area contributed by atoms with Gasteiger partial charge in [-0.25, -0.2) is 15.0 Å². The van der Waals surface area contributed by atoms with Crippen LogP contribution in [-0.2, 0) is 0 Å². The molecule has 0 N–H and O–H groups in total. The summed E-state index contributed by atoms with van der Waals surface area (Å²) < 4.78 is 9.04. The summed E-state index contributed by atoms with van der Waals surface area (Å²) in [5.41, 5.74) is 9.02. The molecule has 0 amide bonds. The highest BCUT2D eigenvalue weighted by molar-refractivity contribution is 7.25. The van der Waals surface area contributed by atoms with Crippen LogP contribution in [0.25, 0.3) is 120 Å². The average molecular weight is 758 g/mol. The van der Waals surface area contributed by atoms with E-state index in [9.17, 15) is 0 Å². The van der Waals surface area contributed by atoms with E-state index in [2.05, 4.69) is 170 Å². The number of hydrogen-bond acceptors (Lipinski definition) is 5. The maximum Gasteiger partial charge on any atom is 0.164 e. The van der Waals surface area contributed by atoms with E-state index >= 15 is 0 Å². The number of furan rings is 1. The largest absolute Gasteiger partial charge is 0.456 e. The zero-order chi connectivity index (χ0) is 38.2. The molecule has 0 aliphatic heterocycles. The smallest absolute Gasteiger partial charge is 0.164 e. The number of nitrogens with zero attached hydrogens (tertiary/aromatic N) is 3. The Bertz CT molecular complexity index is 3590. The predicted octanol–water partition coefficient (Wildman–Crippen LogP) is 14.8. The molecule has 270 valence electrons. The molecule has 3 aromatic heterocycles. The van der Waals surface area contributed by atoms with E-state index in [-0.39, 0.29) is 0 Å². The molecule has 58 heavy (non-hydrogen) atoms. The lowest BCUT2D eigenvalue weighted by atomic mass is 9.92. The second kappa shape index (κ2) is 13.1. The maximum absolute atomic E-state index is 6.53. The van der Waals surface area contributed by atoms with Crippen LogP contribution in [0.15, 0.2) is 192 Å². The lowest BCUT2D eigenvalue weighted by molar-refractivity contribution is 0.669. The van der Waals surface area contributed by atoms with Crippen molar-refractivity contribution < 1.29 is 4.42 Å². The van der Waals surface area contributed by atoms with Crippen LogP contribution in [0.5, 0.6) is 0 Å². The molecule has 12 rings (SSSR count). The first-order valence-corrected chi connectivity index (χ1v) is 20.2. The molecule has 9 aromatic carbocycles. The molecular weight excluding hydrogens is 727 g/mol. The van der Waals surface area contributed by atoms with Crippen LogP contribution in [0.3, 0.4) is 0 Å². The van der Waals surface area contributed by atoms with Crippen molar-refractivity contribution in [2.24, 2.45) is 0 Å². The van der Waals surface area contributed by atoms with Crippen LogP contribution in [0, 0.1) is 0 Å². The standard InChI is InChI=1S/C53H31N3OS/c1-2-12-32(13-3-1)51-54-52(56-53(55-51)37-25-27-49-44(31-37)42-20-8-9-23-48(42)58-49)36-16-10-15-33(28-36)39-21-11-22-47-50(39)45-30-35(24-26-46(45)57-47)43-29-34-14-4-5-17-38(34)40-18-6-7-19-41(40)43/h1-31H. The summed E-state index contributed by atoms with van der Waals surface area (Å²) in [5, 5.41) is 9.59. The normalized spacial score (nSPS) is 11.8. The molecule has 0 radical (unpaired) electrons. The van der Waals surface area contributed by atoms with Crippen molar-refractivity contribution in [2.45, 2.75) is 0 Å². The molecule has 3 heterocycles. The summed E-state index contributed by atoms with van der Waals surface area (Å²) in [5.74, 6) is 1.90. The van der Waals surface area contributed by atoms with Gasteiger partial charge in [0.1, 0.15) is 11.2 Å². The van der Waals surface area contributed by atoms with Gasteiger partial charge in [-0.1, -0.05) is 133 Å². The fourth-order valence-corrected chi connectivity index (χ4v) is 9.66. The van der Waals surface area contributed by atoms with Crippen LogP contribution in [0.1, 0.15) is 0 Å². The molecule has 0 saturated heterocycles.